The summed E-state index contributed by atoms with van der Waals surface area (Å²) in [6.45, 7) is 3.98. The highest BCUT2D eigenvalue weighted by molar-refractivity contribution is 6.03. The molecule has 0 spiro atoms. The molecule has 0 aliphatic rings. The molecule has 7 heteroatoms. The monoisotopic (exact) mass is 354 g/mol. The van der Waals surface area contributed by atoms with Crippen LogP contribution in [0.2, 0.25) is 0 Å². The van der Waals surface area contributed by atoms with Crippen LogP contribution in [-0.2, 0) is 0 Å². The lowest BCUT2D eigenvalue weighted by Crippen LogP contribution is -2.16. The van der Waals surface area contributed by atoms with Gasteiger partial charge in [0.1, 0.15) is 23.0 Å². The minimum atomic E-state index is -0.860. The Balaban J connectivity index is 1.80. The zero-order valence-electron chi connectivity index (χ0n) is 14.2. The van der Waals surface area contributed by atoms with Crippen molar-refractivity contribution >= 4 is 23.2 Å². The van der Waals surface area contributed by atoms with Crippen molar-refractivity contribution in [3.8, 4) is 0 Å². The predicted octanol–water partition coefficient (Wildman–Crippen LogP) is 4.37. The lowest BCUT2D eigenvalue weighted by atomic mass is 10.1. The van der Waals surface area contributed by atoms with Gasteiger partial charge in [-0.2, -0.15) is 0 Å². The van der Waals surface area contributed by atoms with Gasteiger partial charge in [-0.1, -0.05) is 12.1 Å². The highest BCUT2D eigenvalue weighted by atomic mass is 19.1. The number of anilines is 3. The van der Waals surface area contributed by atoms with E-state index in [1.54, 1.807) is 0 Å². The predicted molar refractivity (Wildman–Crippen MR) is 95.5 cm³/mol. The van der Waals surface area contributed by atoms with Crippen LogP contribution < -0.4 is 10.6 Å². The van der Waals surface area contributed by atoms with E-state index >= 15 is 0 Å². The number of aryl methyl sites for hydroxylation is 2. The number of amides is 1. The molecule has 5 nitrogen and oxygen atoms in total. The van der Waals surface area contributed by atoms with Gasteiger partial charge < -0.3 is 10.6 Å². The van der Waals surface area contributed by atoms with E-state index in [2.05, 4.69) is 20.6 Å². The molecular formula is C19H16F2N4O. The summed E-state index contributed by atoms with van der Waals surface area (Å²) in [4.78, 5) is 20.4. The van der Waals surface area contributed by atoms with Gasteiger partial charge in [0.25, 0.3) is 5.91 Å². The largest absolute Gasteiger partial charge is 0.324 e. The minimum Gasteiger partial charge on any atom is -0.324 e. The summed E-state index contributed by atoms with van der Waals surface area (Å²) in [7, 11) is 0. The molecule has 1 heterocycles. The van der Waals surface area contributed by atoms with Crippen LogP contribution in [0.3, 0.4) is 0 Å². The number of carbonyl (C=O) groups is 1. The lowest BCUT2D eigenvalue weighted by molar-refractivity contribution is 0.102. The highest BCUT2D eigenvalue weighted by Gasteiger charge is 2.15. The second-order valence-electron chi connectivity index (χ2n) is 5.74. The van der Waals surface area contributed by atoms with Crippen molar-refractivity contribution in [2.75, 3.05) is 10.6 Å². The Morgan fingerprint density at radius 1 is 1.00 bits per heavy atom. The molecule has 3 aromatic rings. The van der Waals surface area contributed by atoms with Crippen molar-refractivity contribution in [2.45, 2.75) is 13.8 Å². The Labute approximate surface area is 149 Å². The summed E-state index contributed by atoms with van der Waals surface area (Å²) in [5.41, 5.74) is 2.48. The smallest absolute Gasteiger partial charge is 0.274 e. The van der Waals surface area contributed by atoms with E-state index < -0.39 is 23.2 Å². The Kier molecular flexibility index (Phi) is 4.88. The van der Waals surface area contributed by atoms with Crippen LogP contribution in [0.15, 0.2) is 48.7 Å². The first-order chi connectivity index (χ1) is 12.4. The van der Waals surface area contributed by atoms with E-state index in [4.69, 9.17) is 0 Å². The third-order valence-corrected chi connectivity index (χ3v) is 3.85. The third kappa shape index (κ3) is 3.83. The average molecular weight is 354 g/mol. The summed E-state index contributed by atoms with van der Waals surface area (Å²) >= 11 is 0. The van der Waals surface area contributed by atoms with Crippen LogP contribution in [0.1, 0.15) is 21.6 Å². The highest BCUT2D eigenvalue weighted by Crippen LogP contribution is 2.20. The number of carbonyl (C=O) groups excluding carboxylic acids is 1. The summed E-state index contributed by atoms with van der Waals surface area (Å²) < 4.78 is 27.3. The number of aromatic nitrogens is 2. The zero-order valence-corrected chi connectivity index (χ0v) is 14.2. The maximum atomic E-state index is 13.7. The average Bonchev–Trinajstić information content (AvgIpc) is 2.61. The Morgan fingerprint density at radius 2 is 1.73 bits per heavy atom. The van der Waals surface area contributed by atoms with Crippen LogP contribution in [0, 0.1) is 25.5 Å². The minimum absolute atomic E-state index is 0.0195. The molecule has 2 N–H and O–H groups in total. The molecular weight excluding hydrogens is 338 g/mol. The summed E-state index contributed by atoms with van der Waals surface area (Å²) in [5, 5.41) is 5.20. The van der Waals surface area contributed by atoms with E-state index in [1.807, 2.05) is 32.0 Å². The molecule has 3 rings (SSSR count). The standard InChI is InChI=1S/C19H16F2N4O/c1-11-6-7-13(10-12(11)2)23-19-22-9-8-16(24-19)18(26)25-17-14(20)4-3-5-15(17)21/h3-10H,1-2H3,(H,25,26)(H,22,23,24). The number of rotatable bonds is 4. The van der Waals surface area contributed by atoms with Gasteiger partial charge in [0.15, 0.2) is 0 Å². The molecule has 2 aromatic carbocycles. The van der Waals surface area contributed by atoms with Crippen LogP contribution in [-0.4, -0.2) is 15.9 Å². The van der Waals surface area contributed by atoms with E-state index in [-0.39, 0.29) is 11.6 Å². The molecule has 0 unspecified atom stereocenters. The number of hydrogen-bond acceptors (Lipinski definition) is 4. The molecule has 132 valence electrons. The van der Waals surface area contributed by atoms with E-state index in [9.17, 15) is 13.6 Å². The maximum Gasteiger partial charge on any atom is 0.274 e. The number of halogens is 2. The van der Waals surface area contributed by atoms with Crippen LogP contribution in [0.25, 0.3) is 0 Å². The molecule has 0 aliphatic heterocycles. The molecule has 0 saturated carbocycles. The van der Waals surface area contributed by atoms with Gasteiger partial charge in [-0.05, 0) is 55.3 Å². The van der Waals surface area contributed by atoms with Crippen molar-refractivity contribution in [2.24, 2.45) is 0 Å². The van der Waals surface area contributed by atoms with Crippen LogP contribution >= 0.6 is 0 Å². The fraction of sp³-hybridized carbons (Fsp3) is 0.105. The quantitative estimate of drug-likeness (QED) is 0.730. The molecule has 26 heavy (non-hydrogen) atoms. The summed E-state index contributed by atoms with van der Waals surface area (Å²) in [6, 6.07) is 10.5. The van der Waals surface area contributed by atoms with Gasteiger partial charge in [-0.25, -0.2) is 18.7 Å². The van der Waals surface area contributed by atoms with E-state index in [0.717, 1.165) is 28.9 Å². The van der Waals surface area contributed by atoms with Crippen molar-refractivity contribution in [1.82, 2.24) is 9.97 Å². The lowest BCUT2D eigenvalue weighted by Gasteiger charge is -2.09. The van der Waals surface area contributed by atoms with Crippen LogP contribution in [0.5, 0.6) is 0 Å². The molecule has 0 aliphatic carbocycles. The first kappa shape index (κ1) is 17.5. The number of hydrogen-bond donors (Lipinski definition) is 2. The van der Waals surface area contributed by atoms with Gasteiger partial charge in [-0.3, -0.25) is 4.79 Å². The third-order valence-electron chi connectivity index (χ3n) is 3.85. The summed E-state index contributed by atoms with van der Waals surface area (Å²) in [5.74, 6) is -2.25. The molecule has 0 bridgehead atoms. The molecule has 0 radical (unpaired) electrons. The first-order valence-corrected chi connectivity index (χ1v) is 7.87. The number of nitrogens with zero attached hydrogens (tertiary/aromatic N) is 2. The number of nitrogens with one attached hydrogen (secondary N) is 2. The first-order valence-electron chi connectivity index (χ1n) is 7.87. The topological polar surface area (TPSA) is 66.9 Å². The number of para-hydroxylation sites is 1. The summed E-state index contributed by atoms with van der Waals surface area (Å²) in [6.07, 6.45) is 1.39. The van der Waals surface area contributed by atoms with Gasteiger partial charge in [0.2, 0.25) is 5.95 Å². The zero-order chi connectivity index (χ0) is 18.7. The Morgan fingerprint density at radius 3 is 2.42 bits per heavy atom. The molecule has 0 saturated heterocycles. The van der Waals surface area contributed by atoms with Gasteiger partial charge in [-0.15, -0.1) is 0 Å². The van der Waals surface area contributed by atoms with E-state index in [1.165, 1.54) is 18.3 Å². The SMILES string of the molecule is Cc1ccc(Nc2nccc(C(=O)Nc3c(F)cccc3F)n2)cc1C. The Bertz CT molecular complexity index is 955. The van der Waals surface area contributed by atoms with Gasteiger partial charge in [0, 0.05) is 11.9 Å². The van der Waals surface area contributed by atoms with Crippen molar-refractivity contribution in [3.05, 3.63) is 77.1 Å². The molecule has 0 fully saturated rings. The Hall–Kier alpha value is -3.35. The van der Waals surface area contributed by atoms with Gasteiger partial charge >= 0.3 is 0 Å². The normalized spacial score (nSPS) is 10.5. The maximum absolute atomic E-state index is 13.7. The van der Waals surface area contributed by atoms with Crippen LogP contribution in [0.4, 0.5) is 26.1 Å². The fourth-order valence-corrected chi connectivity index (χ4v) is 2.29. The second kappa shape index (κ2) is 7.26. The molecule has 0 atom stereocenters. The molecule has 1 amide bonds. The second-order valence-corrected chi connectivity index (χ2v) is 5.74. The van der Waals surface area contributed by atoms with Gasteiger partial charge in [0.05, 0.1) is 0 Å². The van der Waals surface area contributed by atoms with E-state index in [0.29, 0.717) is 0 Å². The van der Waals surface area contributed by atoms with Crippen molar-refractivity contribution in [3.63, 3.8) is 0 Å². The van der Waals surface area contributed by atoms with Crippen molar-refractivity contribution < 1.29 is 13.6 Å². The van der Waals surface area contributed by atoms with Crippen molar-refractivity contribution in [1.29, 1.82) is 0 Å². The molecule has 1 aromatic heterocycles. The fourth-order valence-electron chi connectivity index (χ4n) is 2.29. The number of benzene rings is 2.